The van der Waals surface area contributed by atoms with Gasteiger partial charge in [-0.15, -0.1) is 11.8 Å². The van der Waals surface area contributed by atoms with Crippen LogP contribution in [-0.2, 0) is 10.2 Å². The van der Waals surface area contributed by atoms with Crippen LogP contribution in [0.1, 0.15) is 32.8 Å². The third-order valence-electron chi connectivity index (χ3n) is 2.30. The van der Waals surface area contributed by atoms with Crippen molar-refractivity contribution in [3.05, 3.63) is 29.8 Å². The van der Waals surface area contributed by atoms with E-state index in [1.54, 1.807) is 11.8 Å². The van der Waals surface area contributed by atoms with Gasteiger partial charge in [-0.2, -0.15) is 0 Å². The summed E-state index contributed by atoms with van der Waals surface area (Å²) in [6.07, 6.45) is 0.103. The monoisotopic (exact) mass is 237 g/mol. The van der Waals surface area contributed by atoms with Crippen LogP contribution in [0.5, 0.6) is 0 Å². The first kappa shape index (κ1) is 13.1. The largest absolute Gasteiger partial charge is 0.550 e. The summed E-state index contributed by atoms with van der Waals surface area (Å²) >= 11 is 1.55. The molecule has 0 heterocycles. The van der Waals surface area contributed by atoms with Crippen molar-refractivity contribution in [3.63, 3.8) is 0 Å². The number of carbonyl (C=O) groups is 1. The van der Waals surface area contributed by atoms with Crippen LogP contribution >= 0.6 is 11.8 Å². The summed E-state index contributed by atoms with van der Waals surface area (Å²) in [6, 6.07) is 8.28. The maximum atomic E-state index is 10.3. The smallest absolute Gasteiger partial charge is 0.0422 e. The summed E-state index contributed by atoms with van der Waals surface area (Å²) in [5.74, 6) is -0.421. The highest BCUT2D eigenvalue weighted by molar-refractivity contribution is 7.99. The molecule has 1 rings (SSSR count). The van der Waals surface area contributed by atoms with Crippen molar-refractivity contribution in [2.75, 3.05) is 5.75 Å². The zero-order valence-electron chi connectivity index (χ0n) is 9.95. The number of hydrogen-bond acceptors (Lipinski definition) is 3. The van der Waals surface area contributed by atoms with E-state index >= 15 is 0 Å². The van der Waals surface area contributed by atoms with Crippen LogP contribution in [-0.4, -0.2) is 11.7 Å². The molecule has 0 spiro atoms. The van der Waals surface area contributed by atoms with Crippen LogP contribution in [0.4, 0.5) is 0 Å². The molecule has 0 amide bonds. The molecule has 0 atom stereocenters. The van der Waals surface area contributed by atoms with Gasteiger partial charge in [-0.1, -0.05) is 32.9 Å². The van der Waals surface area contributed by atoms with Crippen molar-refractivity contribution in [2.45, 2.75) is 37.5 Å². The summed E-state index contributed by atoms with van der Waals surface area (Å²) < 4.78 is 0. The topological polar surface area (TPSA) is 40.1 Å². The van der Waals surface area contributed by atoms with Crippen LogP contribution < -0.4 is 5.11 Å². The number of carboxylic acids is 1. The minimum atomic E-state index is -0.987. The lowest BCUT2D eigenvalue weighted by atomic mass is 9.87. The summed E-state index contributed by atoms with van der Waals surface area (Å²) in [5, 5.41) is 10.3. The first-order valence-electron chi connectivity index (χ1n) is 5.33. The van der Waals surface area contributed by atoms with Gasteiger partial charge < -0.3 is 9.90 Å². The van der Waals surface area contributed by atoms with Gasteiger partial charge in [0.2, 0.25) is 0 Å². The molecule has 0 unspecified atom stereocenters. The molecule has 2 nitrogen and oxygen atoms in total. The summed E-state index contributed by atoms with van der Waals surface area (Å²) in [6.45, 7) is 6.52. The van der Waals surface area contributed by atoms with Gasteiger partial charge in [0.15, 0.2) is 0 Å². The molecule has 0 N–H and O–H groups in total. The lowest BCUT2D eigenvalue weighted by Gasteiger charge is -2.19. The predicted molar refractivity (Wildman–Crippen MR) is 65.5 cm³/mol. The molecule has 0 saturated heterocycles. The van der Waals surface area contributed by atoms with Crippen molar-refractivity contribution in [2.24, 2.45) is 0 Å². The Hall–Kier alpha value is -0.960. The molecule has 0 saturated carbocycles. The van der Waals surface area contributed by atoms with Crippen molar-refractivity contribution in [1.82, 2.24) is 0 Å². The second-order valence-electron chi connectivity index (χ2n) is 4.74. The molecule has 0 aliphatic rings. The number of aliphatic carboxylic acids is 1. The Morgan fingerprint density at radius 2 is 1.81 bits per heavy atom. The maximum absolute atomic E-state index is 10.3. The molecule has 0 fully saturated rings. The van der Waals surface area contributed by atoms with Crippen LogP contribution in [0, 0.1) is 0 Å². The Morgan fingerprint density at radius 3 is 2.25 bits per heavy atom. The van der Waals surface area contributed by atoms with Gasteiger partial charge in [0.05, 0.1) is 0 Å². The van der Waals surface area contributed by atoms with E-state index in [1.165, 1.54) is 5.56 Å². The Kier molecular flexibility index (Phi) is 4.42. The maximum Gasteiger partial charge on any atom is 0.0422 e. The van der Waals surface area contributed by atoms with E-state index in [0.717, 1.165) is 4.90 Å². The van der Waals surface area contributed by atoms with Gasteiger partial charge in [-0.25, -0.2) is 0 Å². The summed E-state index contributed by atoms with van der Waals surface area (Å²) in [7, 11) is 0. The Morgan fingerprint density at radius 1 is 1.25 bits per heavy atom. The van der Waals surface area contributed by atoms with E-state index in [4.69, 9.17) is 0 Å². The van der Waals surface area contributed by atoms with Crippen LogP contribution in [0.2, 0.25) is 0 Å². The van der Waals surface area contributed by atoms with Crippen molar-refractivity contribution in [3.8, 4) is 0 Å². The molecular formula is C13H17O2S-. The molecule has 0 aliphatic carbocycles. The highest BCUT2D eigenvalue weighted by Crippen LogP contribution is 2.25. The van der Waals surface area contributed by atoms with E-state index in [1.807, 2.05) is 12.1 Å². The third-order valence-corrected chi connectivity index (χ3v) is 3.31. The Balaban J connectivity index is 2.55. The minimum Gasteiger partial charge on any atom is -0.550 e. The predicted octanol–water partition coefficient (Wildman–Crippen LogP) is 2.22. The standard InChI is InChI=1S/C13H18O2S/c1-13(2,3)10-4-6-11(7-5-10)16-9-8-12(14)15/h4-7H,8-9H2,1-3H3,(H,14,15)/p-1. The highest BCUT2D eigenvalue weighted by Gasteiger charge is 2.12. The van der Waals surface area contributed by atoms with Crippen molar-refractivity contribution in [1.29, 1.82) is 0 Å². The van der Waals surface area contributed by atoms with E-state index in [9.17, 15) is 9.90 Å². The number of rotatable bonds is 4. The average Bonchev–Trinajstić information content (AvgIpc) is 2.16. The van der Waals surface area contributed by atoms with Crippen LogP contribution in [0.25, 0.3) is 0 Å². The molecule has 0 aromatic heterocycles. The van der Waals surface area contributed by atoms with Crippen molar-refractivity contribution < 1.29 is 9.90 Å². The Labute approximate surface area is 101 Å². The number of thioether (sulfide) groups is 1. The molecule has 0 radical (unpaired) electrons. The average molecular weight is 237 g/mol. The first-order valence-corrected chi connectivity index (χ1v) is 6.31. The summed E-state index contributed by atoms with van der Waals surface area (Å²) in [5.41, 5.74) is 1.45. The van der Waals surface area contributed by atoms with Gasteiger partial charge >= 0.3 is 0 Å². The van der Waals surface area contributed by atoms with Gasteiger partial charge in [0, 0.05) is 16.6 Å². The number of carbonyl (C=O) groups excluding carboxylic acids is 1. The fourth-order valence-electron chi connectivity index (χ4n) is 1.30. The molecule has 0 aliphatic heterocycles. The second-order valence-corrected chi connectivity index (χ2v) is 5.91. The SMILES string of the molecule is CC(C)(C)c1ccc(SCCC(=O)[O-])cc1. The second kappa shape index (κ2) is 5.39. The van der Waals surface area contributed by atoms with Crippen LogP contribution in [0.3, 0.4) is 0 Å². The molecule has 1 aromatic carbocycles. The van der Waals surface area contributed by atoms with Gasteiger partial charge in [0.1, 0.15) is 0 Å². The van der Waals surface area contributed by atoms with Crippen LogP contribution in [0.15, 0.2) is 29.2 Å². The zero-order chi connectivity index (χ0) is 12.2. The van der Waals surface area contributed by atoms with E-state index in [2.05, 4.69) is 32.9 Å². The highest BCUT2D eigenvalue weighted by atomic mass is 32.2. The lowest BCUT2D eigenvalue weighted by Crippen LogP contribution is -2.22. The van der Waals surface area contributed by atoms with Crippen molar-refractivity contribution >= 4 is 17.7 Å². The molecule has 16 heavy (non-hydrogen) atoms. The molecule has 0 bridgehead atoms. The van der Waals surface area contributed by atoms with Gasteiger partial charge in [-0.05, 0) is 29.5 Å². The van der Waals surface area contributed by atoms with E-state index in [0.29, 0.717) is 5.75 Å². The Bertz CT molecular complexity index is 349. The normalized spacial score (nSPS) is 11.4. The van der Waals surface area contributed by atoms with Gasteiger partial charge in [-0.3, -0.25) is 0 Å². The zero-order valence-corrected chi connectivity index (χ0v) is 10.8. The summed E-state index contributed by atoms with van der Waals surface area (Å²) in [4.78, 5) is 11.4. The number of carboxylic acid groups (broad SMARTS) is 1. The lowest BCUT2D eigenvalue weighted by molar-refractivity contribution is -0.305. The fraction of sp³-hybridized carbons (Fsp3) is 0.462. The van der Waals surface area contributed by atoms with E-state index in [-0.39, 0.29) is 11.8 Å². The molecular weight excluding hydrogens is 220 g/mol. The molecule has 3 heteroatoms. The third kappa shape index (κ3) is 4.27. The first-order chi connectivity index (χ1) is 7.39. The van der Waals surface area contributed by atoms with E-state index < -0.39 is 5.97 Å². The quantitative estimate of drug-likeness (QED) is 0.754. The number of hydrogen-bond donors (Lipinski definition) is 0. The minimum absolute atomic E-state index is 0.103. The molecule has 1 aromatic rings. The number of benzene rings is 1. The molecule has 88 valence electrons. The van der Waals surface area contributed by atoms with Gasteiger partial charge in [0.25, 0.3) is 0 Å². The fourth-order valence-corrected chi connectivity index (χ4v) is 2.14.